The first kappa shape index (κ1) is 21.3. The van der Waals surface area contributed by atoms with E-state index in [0.717, 1.165) is 0 Å². The first-order valence-electron chi connectivity index (χ1n) is 8.47. The maximum atomic E-state index is 13.1. The fourth-order valence-electron chi connectivity index (χ4n) is 2.48. The van der Waals surface area contributed by atoms with Crippen molar-refractivity contribution in [2.24, 2.45) is 0 Å². The zero-order chi connectivity index (χ0) is 20.8. The summed E-state index contributed by atoms with van der Waals surface area (Å²) in [5.74, 6) is 0.398. The molecule has 0 N–H and O–H groups in total. The van der Waals surface area contributed by atoms with Crippen molar-refractivity contribution in [2.45, 2.75) is 22.0 Å². The van der Waals surface area contributed by atoms with Gasteiger partial charge in [0.15, 0.2) is 11.5 Å². The lowest BCUT2D eigenvalue weighted by atomic mass is 10.3. The fourth-order valence-corrected chi connectivity index (χ4v) is 5.29. The van der Waals surface area contributed by atoms with Gasteiger partial charge in [-0.25, -0.2) is 8.42 Å². The van der Waals surface area contributed by atoms with Crippen LogP contribution in [0.3, 0.4) is 0 Å². The van der Waals surface area contributed by atoms with E-state index in [1.54, 1.807) is 0 Å². The molecule has 2 saturated heterocycles. The maximum Gasteiger partial charge on any atom is 0.206 e. The van der Waals surface area contributed by atoms with Crippen LogP contribution < -0.4 is 9.47 Å². The quantitative estimate of drug-likeness (QED) is 0.490. The number of rotatable bonds is 8. The third-order valence-electron chi connectivity index (χ3n) is 4.20. The Hall–Kier alpha value is -0.930. The second-order valence-electron chi connectivity index (χ2n) is 6.47. The molecule has 2 atom stereocenters. The molecule has 2 heterocycles. The summed E-state index contributed by atoms with van der Waals surface area (Å²) in [6, 6.07) is 5.07. The molecule has 2 aliphatic rings. The largest absolute Gasteiger partial charge is 0.488 e. The first-order chi connectivity index (χ1) is 13.8. The highest BCUT2D eigenvalue weighted by molar-refractivity contribution is 7.91. The molecule has 0 saturated carbocycles. The SMILES string of the molecule is O=S(=O)(c1cc(Cl)c(OC[C@@H]2CO2)c(Cl)c1)c1cc(Cl)c(OC[C@@H]2CO2)c(Cl)c1. The molecule has 4 rings (SSSR count). The van der Waals surface area contributed by atoms with Crippen LogP contribution in [-0.4, -0.2) is 47.1 Å². The van der Waals surface area contributed by atoms with Gasteiger partial charge in [-0.05, 0) is 24.3 Å². The molecule has 0 unspecified atom stereocenters. The molecular weight excluding hydrogens is 486 g/mol. The summed E-state index contributed by atoms with van der Waals surface area (Å²) in [5, 5.41) is 0.272. The maximum absolute atomic E-state index is 13.1. The highest BCUT2D eigenvalue weighted by atomic mass is 35.5. The van der Waals surface area contributed by atoms with Crippen LogP contribution in [0.15, 0.2) is 34.1 Å². The topological polar surface area (TPSA) is 77.7 Å². The Labute approximate surface area is 187 Å². The molecule has 2 aromatic carbocycles. The van der Waals surface area contributed by atoms with Gasteiger partial charge in [0.2, 0.25) is 9.84 Å². The first-order valence-corrected chi connectivity index (χ1v) is 11.5. The van der Waals surface area contributed by atoms with E-state index in [1.807, 2.05) is 0 Å². The molecule has 0 aliphatic carbocycles. The van der Waals surface area contributed by atoms with E-state index in [1.165, 1.54) is 24.3 Å². The van der Waals surface area contributed by atoms with E-state index in [9.17, 15) is 8.42 Å². The Morgan fingerprint density at radius 1 is 0.759 bits per heavy atom. The highest BCUT2D eigenvalue weighted by Gasteiger charge is 2.28. The van der Waals surface area contributed by atoms with Crippen LogP contribution >= 0.6 is 46.4 Å². The van der Waals surface area contributed by atoms with Crippen LogP contribution in [0.25, 0.3) is 0 Å². The van der Waals surface area contributed by atoms with E-state index in [2.05, 4.69) is 0 Å². The van der Waals surface area contributed by atoms with E-state index >= 15 is 0 Å². The molecule has 2 aliphatic heterocycles. The number of ether oxygens (including phenoxy) is 4. The lowest BCUT2D eigenvalue weighted by molar-refractivity contribution is 0.263. The Balaban J connectivity index is 1.61. The lowest BCUT2D eigenvalue weighted by Gasteiger charge is -2.13. The lowest BCUT2D eigenvalue weighted by Crippen LogP contribution is -2.08. The normalized spacial score (nSPS) is 20.4. The van der Waals surface area contributed by atoms with Crippen molar-refractivity contribution in [1.82, 2.24) is 0 Å². The highest BCUT2D eigenvalue weighted by Crippen LogP contribution is 2.40. The minimum absolute atomic E-state index is 0.00189. The molecule has 2 aromatic rings. The predicted molar refractivity (Wildman–Crippen MR) is 109 cm³/mol. The molecule has 6 nitrogen and oxygen atoms in total. The van der Waals surface area contributed by atoms with Crippen molar-refractivity contribution < 1.29 is 27.4 Å². The monoisotopic (exact) mass is 498 g/mol. The van der Waals surface area contributed by atoms with Crippen LogP contribution in [0.1, 0.15) is 0 Å². The van der Waals surface area contributed by atoms with Crippen molar-refractivity contribution in [3.63, 3.8) is 0 Å². The zero-order valence-electron chi connectivity index (χ0n) is 14.7. The Bertz CT molecular complexity index is 927. The van der Waals surface area contributed by atoms with Gasteiger partial charge in [0, 0.05) is 0 Å². The van der Waals surface area contributed by atoms with Crippen molar-refractivity contribution in [1.29, 1.82) is 0 Å². The van der Waals surface area contributed by atoms with Gasteiger partial charge in [0.1, 0.15) is 25.4 Å². The van der Waals surface area contributed by atoms with E-state index in [-0.39, 0.29) is 66.8 Å². The van der Waals surface area contributed by atoms with Crippen molar-refractivity contribution in [3.05, 3.63) is 44.4 Å². The molecule has 29 heavy (non-hydrogen) atoms. The van der Waals surface area contributed by atoms with Gasteiger partial charge in [0.05, 0.1) is 43.1 Å². The van der Waals surface area contributed by atoms with Gasteiger partial charge in [-0.3, -0.25) is 0 Å². The molecule has 2 fully saturated rings. The molecule has 0 amide bonds. The standard InChI is InChI=1S/C18H14Cl4O6S/c19-13-1-11(2-14(20)17(13)27-7-9-5-25-9)29(23,24)12-3-15(21)18(16(22)4-12)28-8-10-6-26-10/h1-4,9-10H,5-8H2/t9-,10-/m0/s1. The summed E-state index contributed by atoms with van der Waals surface area (Å²) in [4.78, 5) is -0.232. The third-order valence-corrected chi connectivity index (χ3v) is 7.03. The average Bonchev–Trinajstić information content (AvgIpc) is 3.54. The summed E-state index contributed by atoms with van der Waals surface area (Å²) < 4.78 is 47.3. The second-order valence-corrected chi connectivity index (χ2v) is 10.0. The molecule has 156 valence electrons. The van der Waals surface area contributed by atoms with Crippen molar-refractivity contribution in [2.75, 3.05) is 26.4 Å². The molecule has 0 aromatic heterocycles. The number of halogens is 4. The van der Waals surface area contributed by atoms with Gasteiger partial charge in [0.25, 0.3) is 0 Å². The smallest absolute Gasteiger partial charge is 0.206 e. The molecule has 11 heteroatoms. The van der Waals surface area contributed by atoms with Crippen LogP contribution in [0, 0.1) is 0 Å². The van der Waals surface area contributed by atoms with Crippen LogP contribution in [-0.2, 0) is 19.3 Å². The predicted octanol–water partition coefficient (Wildman–Crippen LogP) is 4.69. The number of hydrogen-bond acceptors (Lipinski definition) is 6. The molecular formula is C18H14Cl4O6S. The van der Waals surface area contributed by atoms with Gasteiger partial charge in [-0.2, -0.15) is 0 Å². The van der Waals surface area contributed by atoms with Crippen molar-refractivity contribution in [3.8, 4) is 11.5 Å². The van der Waals surface area contributed by atoms with E-state index < -0.39 is 9.84 Å². The average molecular weight is 500 g/mol. The van der Waals surface area contributed by atoms with Gasteiger partial charge < -0.3 is 18.9 Å². The van der Waals surface area contributed by atoms with Crippen LogP contribution in [0.4, 0.5) is 0 Å². The molecule has 0 radical (unpaired) electrons. The molecule has 0 bridgehead atoms. The van der Waals surface area contributed by atoms with Crippen LogP contribution in [0.2, 0.25) is 20.1 Å². The van der Waals surface area contributed by atoms with Gasteiger partial charge in [-0.15, -0.1) is 0 Å². The summed E-state index contributed by atoms with van der Waals surface area (Å²) in [5.41, 5.74) is 0. The fraction of sp³-hybridized carbons (Fsp3) is 0.333. The van der Waals surface area contributed by atoms with Gasteiger partial charge >= 0.3 is 0 Å². The molecule has 0 spiro atoms. The summed E-state index contributed by atoms with van der Waals surface area (Å²) in [6.45, 7) is 1.78. The Morgan fingerprint density at radius 2 is 1.07 bits per heavy atom. The van der Waals surface area contributed by atoms with Crippen molar-refractivity contribution >= 4 is 56.2 Å². The summed E-state index contributed by atoms with van der Waals surface area (Å²) >= 11 is 24.8. The number of hydrogen-bond donors (Lipinski definition) is 0. The Kier molecular flexibility index (Phi) is 6.10. The Morgan fingerprint density at radius 3 is 1.34 bits per heavy atom. The summed E-state index contributed by atoms with van der Waals surface area (Å²) in [7, 11) is -4.00. The second kappa shape index (κ2) is 8.30. The number of epoxide rings is 2. The minimum atomic E-state index is -4.00. The third kappa shape index (κ3) is 4.88. The minimum Gasteiger partial charge on any atom is -0.488 e. The van der Waals surface area contributed by atoms with E-state index in [0.29, 0.717) is 13.2 Å². The van der Waals surface area contributed by atoms with E-state index in [4.69, 9.17) is 65.4 Å². The number of sulfone groups is 1. The zero-order valence-corrected chi connectivity index (χ0v) is 18.5. The van der Waals surface area contributed by atoms with Crippen LogP contribution in [0.5, 0.6) is 11.5 Å². The number of benzene rings is 2. The summed E-state index contributed by atoms with van der Waals surface area (Å²) in [6.07, 6.45) is 0.00377. The van der Waals surface area contributed by atoms with Gasteiger partial charge in [-0.1, -0.05) is 46.4 Å².